The number of rotatable bonds is 5. The molecule has 0 radical (unpaired) electrons. The van der Waals surface area contributed by atoms with E-state index < -0.39 is 11.6 Å². The molecule has 0 unspecified atom stereocenters. The van der Waals surface area contributed by atoms with Crippen LogP contribution in [-0.2, 0) is 13.0 Å². The van der Waals surface area contributed by atoms with Gasteiger partial charge in [0.1, 0.15) is 5.82 Å². The molecule has 0 aliphatic rings. The maximum absolute atomic E-state index is 13.3. The van der Waals surface area contributed by atoms with E-state index in [9.17, 15) is 13.2 Å². The van der Waals surface area contributed by atoms with Crippen molar-refractivity contribution in [3.05, 3.63) is 71.0 Å². The lowest BCUT2D eigenvalue weighted by Gasteiger charge is -2.06. The van der Waals surface area contributed by atoms with Gasteiger partial charge in [-0.2, -0.15) is 0 Å². The Bertz CT molecular complexity index is 555. The van der Waals surface area contributed by atoms with Crippen LogP contribution in [0.3, 0.4) is 0 Å². The van der Waals surface area contributed by atoms with Crippen molar-refractivity contribution < 1.29 is 13.2 Å². The van der Waals surface area contributed by atoms with Crippen LogP contribution in [0.15, 0.2) is 42.5 Å². The zero-order valence-corrected chi connectivity index (χ0v) is 10.3. The number of benzene rings is 2. The third-order valence-electron chi connectivity index (χ3n) is 2.84. The molecule has 2 rings (SSSR count). The highest BCUT2D eigenvalue weighted by Gasteiger charge is 2.03. The van der Waals surface area contributed by atoms with Gasteiger partial charge in [-0.3, -0.25) is 0 Å². The minimum Gasteiger partial charge on any atom is -0.312 e. The van der Waals surface area contributed by atoms with E-state index >= 15 is 0 Å². The predicted octanol–water partition coefficient (Wildman–Crippen LogP) is 3.44. The average molecular weight is 265 g/mol. The first-order valence-corrected chi connectivity index (χ1v) is 6.05. The second kappa shape index (κ2) is 6.38. The van der Waals surface area contributed by atoms with E-state index in [0.717, 1.165) is 12.1 Å². The fourth-order valence-electron chi connectivity index (χ4n) is 1.81. The van der Waals surface area contributed by atoms with Gasteiger partial charge in [0.05, 0.1) is 0 Å². The molecule has 0 saturated carbocycles. The van der Waals surface area contributed by atoms with Crippen LogP contribution < -0.4 is 5.32 Å². The van der Waals surface area contributed by atoms with Crippen molar-refractivity contribution >= 4 is 0 Å². The van der Waals surface area contributed by atoms with Crippen LogP contribution in [0.1, 0.15) is 11.1 Å². The predicted molar refractivity (Wildman–Crippen MR) is 68.2 cm³/mol. The van der Waals surface area contributed by atoms with Crippen LogP contribution in [0.25, 0.3) is 0 Å². The Balaban J connectivity index is 1.81. The molecule has 0 heterocycles. The molecule has 4 heteroatoms. The third kappa shape index (κ3) is 3.83. The van der Waals surface area contributed by atoms with Crippen molar-refractivity contribution in [3.8, 4) is 0 Å². The van der Waals surface area contributed by atoms with Crippen LogP contribution in [0.4, 0.5) is 13.2 Å². The van der Waals surface area contributed by atoms with E-state index in [4.69, 9.17) is 0 Å². The smallest absolute Gasteiger partial charge is 0.159 e. The molecular weight excluding hydrogens is 251 g/mol. The monoisotopic (exact) mass is 265 g/mol. The number of nitrogens with one attached hydrogen (secondary N) is 1. The van der Waals surface area contributed by atoms with E-state index in [-0.39, 0.29) is 5.82 Å². The summed E-state index contributed by atoms with van der Waals surface area (Å²) in [6.07, 6.45) is 0.552. The molecule has 1 N–H and O–H groups in total. The van der Waals surface area contributed by atoms with Crippen molar-refractivity contribution in [3.63, 3.8) is 0 Å². The Labute approximate surface area is 110 Å². The molecule has 0 atom stereocenters. The second-order valence-electron chi connectivity index (χ2n) is 4.27. The van der Waals surface area contributed by atoms with Crippen LogP contribution in [0, 0.1) is 17.5 Å². The fraction of sp³-hybridized carbons (Fsp3) is 0.200. The molecular formula is C15H14F3N. The standard InChI is InChI=1S/C15H14F3N/c16-13-4-2-1-3-12(13)7-8-19-10-11-5-6-14(17)15(18)9-11/h1-6,9,19H,7-8,10H2. The lowest BCUT2D eigenvalue weighted by molar-refractivity contribution is 0.506. The normalized spacial score (nSPS) is 10.7. The molecule has 0 fully saturated rings. The summed E-state index contributed by atoms with van der Waals surface area (Å²) in [7, 11) is 0. The number of halogens is 3. The zero-order valence-electron chi connectivity index (χ0n) is 10.3. The number of hydrogen-bond donors (Lipinski definition) is 1. The summed E-state index contributed by atoms with van der Waals surface area (Å²) >= 11 is 0. The average Bonchev–Trinajstić information content (AvgIpc) is 2.40. The quantitative estimate of drug-likeness (QED) is 0.817. The lowest BCUT2D eigenvalue weighted by Crippen LogP contribution is -2.17. The molecule has 0 aliphatic heterocycles. The van der Waals surface area contributed by atoms with Crippen molar-refractivity contribution in [1.29, 1.82) is 0 Å². The Morgan fingerprint density at radius 1 is 0.842 bits per heavy atom. The molecule has 0 aliphatic carbocycles. The largest absolute Gasteiger partial charge is 0.312 e. The fourth-order valence-corrected chi connectivity index (χ4v) is 1.81. The van der Waals surface area contributed by atoms with Gasteiger partial charge < -0.3 is 5.32 Å². The molecule has 0 amide bonds. The molecule has 0 saturated heterocycles. The van der Waals surface area contributed by atoms with Crippen molar-refractivity contribution in [2.75, 3.05) is 6.54 Å². The van der Waals surface area contributed by atoms with Gasteiger partial charge in [0.15, 0.2) is 11.6 Å². The summed E-state index contributed by atoms with van der Waals surface area (Å²) in [4.78, 5) is 0. The minimum absolute atomic E-state index is 0.225. The lowest BCUT2D eigenvalue weighted by atomic mass is 10.1. The summed E-state index contributed by atoms with van der Waals surface area (Å²) in [5, 5.41) is 3.07. The maximum Gasteiger partial charge on any atom is 0.159 e. The highest BCUT2D eigenvalue weighted by Crippen LogP contribution is 2.09. The van der Waals surface area contributed by atoms with E-state index in [1.807, 2.05) is 0 Å². The van der Waals surface area contributed by atoms with Gasteiger partial charge in [0.25, 0.3) is 0 Å². The molecule has 1 nitrogen and oxygen atoms in total. The molecule has 19 heavy (non-hydrogen) atoms. The molecule has 0 bridgehead atoms. The Morgan fingerprint density at radius 3 is 2.37 bits per heavy atom. The molecule has 2 aromatic rings. The first-order valence-electron chi connectivity index (χ1n) is 6.05. The highest BCUT2D eigenvalue weighted by molar-refractivity contribution is 5.19. The van der Waals surface area contributed by atoms with Gasteiger partial charge in [0.2, 0.25) is 0 Å². The maximum atomic E-state index is 13.3. The van der Waals surface area contributed by atoms with E-state index in [1.54, 1.807) is 18.2 Å². The van der Waals surface area contributed by atoms with Gasteiger partial charge in [-0.05, 0) is 42.3 Å². The Hall–Kier alpha value is -1.81. The van der Waals surface area contributed by atoms with Crippen LogP contribution in [0.2, 0.25) is 0 Å². The second-order valence-corrected chi connectivity index (χ2v) is 4.27. The first-order chi connectivity index (χ1) is 9.16. The highest BCUT2D eigenvalue weighted by atomic mass is 19.2. The third-order valence-corrected chi connectivity index (χ3v) is 2.84. The number of hydrogen-bond acceptors (Lipinski definition) is 1. The van der Waals surface area contributed by atoms with Gasteiger partial charge in [-0.25, -0.2) is 13.2 Å². The Kier molecular flexibility index (Phi) is 4.58. The molecule has 0 spiro atoms. The van der Waals surface area contributed by atoms with Crippen LogP contribution >= 0.6 is 0 Å². The molecule has 2 aromatic carbocycles. The first kappa shape index (κ1) is 13.6. The zero-order chi connectivity index (χ0) is 13.7. The summed E-state index contributed by atoms with van der Waals surface area (Å²) < 4.78 is 39.0. The SMILES string of the molecule is Fc1ccc(CNCCc2ccccc2F)cc1F. The summed E-state index contributed by atoms with van der Waals surface area (Å²) in [6.45, 7) is 0.992. The van der Waals surface area contributed by atoms with Crippen molar-refractivity contribution in [1.82, 2.24) is 5.32 Å². The molecule has 0 aromatic heterocycles. The van der Waals surface area contributed by atoms with E-state index in [2.05, 4.69) is 5.32 Å². The summed E-state index contributed by atoms with van der Waals surface area (Å²) in [5.74, 6) is -1.93. The van der Waals surface area contributed by atoms with Gasteiger partial charge in [0, 0.05) is 6.54 Å². The van der Waals surface area contributed by atoms with Gasteiger partial charge in [-0.15, -0.1) is 0 Å². The van der Waals surface area contributed by atoms with Gasteiger partial charge in [-0.1, -0.05) is 24.3 Å². The van der Waals surface area contributed by atoms with Crippen molar-refractivity contribution in [2.45, 2.75) is 13.0 Å². The van der Waals surface area contributed by atoms with Crippen molar-refractivity contribution in [2.24, 2.45) is 0 Å². The van der Waals surface area contributed by atoms with E-state index in [1.165, 1.54) is 12.1 Å². The topological polar surface area (TPSA) is 12.0 Å². The van der Waals surface area contributed by atoms with E-state index in [0.29, 0.717) is 30.6 Å². The summed E-state index contributed by atoms with van der Waals surface area (Å²) in [5.41, 5.74) is 1.30. The van der Waals surface area contributed by atoms with Gasteiger partial charge >= 0.3 is 0 Å². The molecule has 100 valence electrons. The minimum atomic E-state index is -0.853. The van der Waals surface area contributed by atoms with Crippen LogP contribution in [-0.4, -0.2) is 6.54 Å². The van der Waals surface area contributed by atoms with Crippen LogP contribution in [0.5, 0.6) is 0 Å². The summed E-state index contributed by atoms with van der Waals surface area (Å²) in [6, 6.07) is 10.4. The Morgan fingerprint density at radius 2 is 1.63 bits per heavy atom.